The van der Waals surface area contributed by atoms with Crippen molar-refractivity contribution >= 4 is 21.7 Å². The van der Waals surface area contributed by atoms with Crippen molar-refractivity contribution in [2.45, 2.75) is 25.8 Å². The molecule has 0 saturated heterocycles. The Morgan fingerprint density at radius 2 is 2.19 bits per heavy atom. The number of nitrogen functional groups attached to an aromatic ring is 1. The molecule has 0 aliphatic rings. The first kappa shape index (κ1) is 15.9. The molecule has 0 spiro atoms. The van der Waals surface area contributed by atoms with Gasteiger partial charge in [-0.15, -0.1) is 0 Å². The molecular weight excluding hydrogens is 333 g/mol. The van der Waals surface area contributed by atoms with E-state index in [1.807, 2.05) is 18.2 Å². The molecule has 0 fully saturated rings. The van der Waals surface area contributed by atoms with E-state index < -0.39 is 0 Å². The molecule has 112 valence electrons. The molecule has 0 bridgehead atoms. The number of hydrogen-bond acceptors (Lipinski definition) is 3. The van der Waals surface area contributed by atoms with E-state index in [-0.39, 0.29) is 11.9 Å². The second-order valence-corrected chi connectivity index (χ2v) is 5.84. The molecule has 0 radical (unpaired) electrons. The van der Waals surface area contributed by atoms with Gasteiger partial charge in [-0.25, -0.2) is 9.37 Å². The number of aromatic nitrogens is 1. The number of rotatable bonds is 6. The van der Waals surface area contributed by atoms with E-state index in [1.54, 1.807) is 12.3 Å². The molecule has 3 nitrogen and oxygen atoms in total. The molecule has 21 heavy (non-hydrogen) atoms. The van der Waals surface area contributed by atoms with Gasteiger partial charge in [-0.3, -0.25) is 0 Å². The second-order valence-electron chi connectivity index (χ2n) is 4.92. The van der Waals surface area contributed by atoms with Gasteiger partial charge in [0.1, 0.15) is 11.6 Å². The quantitative estimate of drug-likeness (QED) is 0.830. The van der Waals surface area contributed by atoms with E-state index in [1.165, 1.54) is 6.07 Å². The van der Waals surface area contributed by atoms with Crippen LogP contribution in [0.25, 0.3) is 0 Å². The molecule has 2 aromatic rings. The molecule has 0 saturated carbocycles. The van der Waals surface area contributed by atoms with Crippen molar-refractivity contribution in [2.24, 2.45) is 0 Å². The Labute approximate surface area is 132 Å². The predicted octanol–water partition coefficient (Wildman–Crippen LogP) is 3.85. The number of hydrogen-bond donors (Lipinski definition) is 2. The predicted molar refractivity (Wildman–Crippen MR) is 87.5 cm³/mol. The van der Waals surface area contributed by atoms with Crippen LogP contribution in [0.5, 0.6) is 0 Å². The van der Waals surface area contributed by atoms with Gasteiger partial charge in [-0.05, 0) is 43.1 Å². The molecule has 0 amide bonds. The largest absolute Gasteiger partial charge is 0.383 e. The van der Waals surface area contributed by atoms with Crippen LogP contribution in [0.1, 0.15) is 30.5 Å². The summed E-state index contributed by atoms with van der Waals surface area (Å²) in [5.74, 6) is 0.277. The summed E-state index contributed by atoms with van der Waals surface area (Å²) in [6.07, 6.45) is 3.25. The highest BCUT2D eigenvalue weighted by Gasteiger charge is 2.17. The van der Waals surface area contributed by atoms with E-state index in [0.717, 1.165) is 23.0 Å². The van der Waals surface area contributed by atoms with Gasteiger partial charge in [0.05, 0.1) is 0 Å². The van der Waals surface area contributed by atoms with Crippen LogP contribution in [0.3, 0.4) is 0 Å². The molecule has 0 aliphatic carbocycles. The standard InChI is InChI=1S/C16H19BrFN3/c1-2-7-20-15(9-11-4-3-8-21-16(11)19)13-6-5-12(17)10-14(13)18/h3-6,8,10,15,20H,2,7,9H2,1H3,(H2,19,21). The summed E-state index contributed by atoms with van der Waals surface area (Å²) in [7, 11) is 0. The Balaban J connectivity index is 2.27. The van der Waals surface area contributed by atoms with Crippen LogP contribution in [0, 0.1) is 5.82 Å². The van der Waals surface area contributed by atoms with Crippen LogP contribution in [0.15, 0.2) is 41.0 Å². The van der Waals surface area contributed by atoms with Crippen molar-refractivity contribution in [3.05, 3.63) is 57.9 Å². The number of halogens is 2. The first-order chi connectivity index (χ1) is 10.1. The van der Waals surface area contributed by atoms with Gasteiger partial charge in [0, 0.05) is 22.3 Å². The lowest BCUT2D eigenvalue weighted by molar-refractivity contribution is 0.497. The highest BCUT2D eigenvalue weighted by atomic mass is 79.9. The first-order valence-corrected chi connectivity index (χ1v) is 7.78. The van der Waals surface area contributed by atoms with Gasteiger partial charge in [-0.1, -0.05) is 35.0 Å². The minimum Gasteiger partial charge on any atom is -0.383 e. The summed E-state index contributed by atoms with van der Waals surface area (Å²) in [6.45, 7) is 2.90. The fraction of sp³-hybridized carbons (Fsp3) is 0.312. The molecule has 2 rings (SSSR count). The van der Waals surface area contributed by atoms with Crippen molar-refractivity contribution in [1.82, 2.24) is 10.3 Å². The molecule has 0 aliphatic heterocycles. The van der Waals surface area contributed by atoms with Crippen LogP contribution in [0.2, 0.25) is 0 Å². The third-order valence-corrected chi connectivity index (χ3v) is 3.82. The average molecular weight is 352 g/mol. The topological polar surface area (TPSA) is 50.9 Å². The van der Waals surface area contributed by atoms with E-state index >= 15 is 0 Å². The minimum atomic E-state index is -0.222. The molecule has 1 aromatic heterocycles. The normalized spacial score (nSPS) is 12.3. The minimum absolute atomic E-state index is 0.121. The van der Waals surface area contributed by atoms with Crippen molar-refractivity contribution in [3.63, 3.8) is 0 Å². The monoisotopic (exact) mass is 351 g/mol. The molecule has 3 N–H and O–H groups in total. The fourth-order valence-corrected chi connectivity index (χ4v) is 2.57. The summed E-state index contributed by atoms with van der Waals surface area (Å²) in [5, 5.41) is 3.38. The van der Waals surface area contributed by atoms with E-state index in [2.05, 4.69) is 33.2 Å². The van der Waals surface area contributed by atoms with Crippen molar-refractivity contribution in [2.75, 3.05) is 12.3 Å². The van der Waals surface area contributed by atoms with Crippen LogP contribution >= 0.6 is 15.9 Å². The van der Waals surface area contributed by atoms with Crippen molar-refractivity contribution in [1.29, 1.82) is 0 Å². The van der Waals surface area contributed by atoms with Crippen molar-refractivity contribution < 1.29 is 4.39 Å². The van der Waals surface area contributed by atoms with Crippen LogP contribution in [-0.4, -0.2) is 11.5 Å². The van der Waals surface area contributed by atoms with Crippen LogP contribution < -0.4 is 11.1 Å². The Kier molecular flexibility index (Phi) is 5.70. The first-order valence-electron chi connectivity index (χ1n) is 6.99. The molecule has 1 heterocycles. The molecule has 1 atom stereocenters. The molecule has 1 aromatic carbocycles. The van der Waals surface area contributed by atoms with Gasteiger partial charge >= 0.3 is 0 Å². The van der Waals surface area contributed by atoms with Crippen LogP contribution in [0.4, 0.5) is 10.2 Å². The number of pyridine rings is 1. The highest BCUT2D eigenvalue weighted by Crippen LogP contribution is 2.25. The van der Waals surface area contributed by atoms with Crippen molar-refractivity contribution in [3.8, 4) is 0 Å². The summed E-state index contributed by atoms with van der Waals surface area (Å²) in [6, 6.07) is 8.80. The smallest absolute Gasteiger partial charge is 0.129 e. The van der Waals surface area contributed by atoms with E-state index in [4.69, 9.17) is 5.73 Å². The highest BCUT2D eigenvalue weighted by molar-refractivity contribution is 9.10. The van der Waals surface area contributed by atoms with Gasteiger partial charge in [0.15, 0.2) is 0 Å². The Morgan fingerprint density at radius 1 is 1.38 bits per heavy atom. The van der Waals surface area contributed by atoms with Gasteiger partial charge in [0.25, 0.3) is 0 Å². The third kappa shape index (κ3) is 4.25. The lowest BCUT2D eigenvalue weighted by Crippen LogP contribution is -2.25. The zero-order chi connectivity index (χ0) is 15.2. The molecule has 5 heteroatoms. The molecular formula is C16H19BrFN3. The Hall–Kier alpha value is -1.46. The lowest BCUT2D eigenvalue weighted by Gasteiger charge is -2.20. The summed E-state index contributed by atoms with van der Waals surface area (Å²) in [5.41, 5.74) is 7.47. The lowest BCUT2D eigenvalue weighted by atomic mass is 9.98. The maximum atomic E-state index is 14.2. The second kappa shape index (κ2) is 7.52. The zero-order valence-electron chi connectivity index (χ0n) is 11.9. The average Bonchev–Trinajstić information content (AvgIpc) is 2.46. The SMILES string of the molecule is CCCNC(Cc1cccnc1N)c1ccc(Br)cc1F. The zero-order valence-corrected chi connectivity index (χ0v) is 13.5. The van der Waals surface area contributed by atoms with Crippen LogP contribution in [-0.2, 0) is 6.42 Å². The number of nitrogens with two attached hydrogens (primary N) is 1. The maximum absolute atomic E-state index is 14.2. The fourth-order valence-electron chi connectivity index (χ4n) is 2.24. The maximum Gasteiger partial charge on any atom is 0.129 e. The summed E-state index contributed by atoms with van der Waals surface area (Å²) in [4.78, 5) is 4.09. The summed E-state index contributed by atoms with van der Waals surface area (Å²) >= 11 is 3.29. The summed E-state index contributed by atoms with van der Waals surface area (Å²) < 4.78 is 14.9. The van der Waals surface area contributed by atoms with E-state index in [9.17, 15) is 4.39 Å². The number of anilines is 1. The Morgan fingerprint density at radius 3 is 2.86 bits per heavy atom. The Bertz CT molecular complexity index is 604. The number of benzene rings is 1. The number of nitrogens with one attached hydrogen (secondary N) is 1. The number of nitrogens with zero attached hydrogens (tertiary/aromatic N) is 1. The van der Waals surface area contributed by atoms with E-state index in [0.29, 0.717) is 17.8 Å². The third-order valence-electron chi connectivity index (χ3n) is 3.33. The van der Waals surface area contributed by atoms with Gasteiger partial charge in [-0.2, -0.15) is 0 Å². The molecule has 1 unspecified atom stereocenters. The van der Waals surface area contributed by atoms with Gasteiger partial charge in [0.2, 0.25) is 0 Å². The van der Waals surface area contributed by atoms with Gasteiger partial charge < -0.3 is 11.1 Å².